The highest BCUT2D eigenvalue weighted by molar-refractivity contribution is 7.19. The van der Waals surface area contributed by atoms with Gasteiger partial charge < -0.3 is 15.2 Å². The molecule has 10 nitrogen and oxygen atoms in total. The molecule has 0 aliphatic heterocycles. The fourth-order valence-corrected chi connectivity index (χ4v) is 5.07. The van der Waals surface area contributed by atoms with Crippen molar-refractivity contribution in [3.05, 3.63) is 59.3 Å². The third-order valence-corrected chi connectivity index (χ3v) is 6.86. The minimum Gasteiger partial charge on any atom is -0.336 e. The number of fused-ring (bicyclic) bond motifs is 2. The predicted molar refractivity (Wildman–Crippen MR) is 146 cm³/mol. The van der Waals surface area contributed by atoms with Crippen LogP contribution < -0.4 is 5.32 Å². The number of H-pyrrole nitrogens is 2. The van der Waals surface area contributed by atoms with E-state index in [1.54, 1.807) is 23.5 Å². The molecular formula is C25H20ClN9OS. The van der Waals surface area contributed by atoms with Crippen molar-refractivity contribution < 1.29 is 4.79 Å². The van der Waals surface area contributed by atoms with Gasteiger partial charge in [0.25, 0.3) is 0 Å². The average Bonchev–Trinajstić information content (AvgIpc) is 3.60. The second kappa shape index (κ2) is 9.36. The summed E-state index contributed by atoms with van der Waals surface area (Å²) in [5.74, 6) is 0.457. The summed E-state index contributed by atoms with van der Waals surface area (Å²) in [6.07, 6.45) is 5.06. The maximum absolute atomic E-state index is 12.2. The van der Waals surface area contributed by atoms with E-state index in [0.717, 1.165) is 32.7 Å². The highest BCUT2D eigenvalue weighted by atomic mass is 35.5. The number of pyridine rings is 3. The van der Waals surface area contributed by atoms with Crippen molar-refractivity contribution in [3.8, 4) is 33.3 Å². The van der Waals surface area contributed by atoms with Gasteiger partial charge in [0.1, 0.15) is 16.7 Å². The van der Waals surface area contributed by atoms with Crippen molar-refractivity contribution in [1.29, 1.82) is 0 Å². The summed E-state index contributed by atoms with van der Waals surface area (Å²) < 4.78 is 0.690. The molecule has 6 aromatic rings. The number of imidazole rings is 1. The molecule has 12 heteroatoms. The first-order valence-corrected chi connectivity index (χ1v) is 12.5. The van der Waals surface area contributed by atoms with E-state index in [1.807, 2.05) is 50.5 Å². The van der Waals surface area contributed by atoms with Crippen LogP contribution in [0.25, 0.3) is 55.4 Å². The van der Waals surface area contributed by atoms with Crippen LogP contribution in [0, 0.1) is 0 Å². The number of carbonyl (C=O) groups is 1. The molecule has 6 aromatic heterocycles. The highest BCUT2D eigenvalue weighted by Gasteiger charge is 2.18. The van der Waals surface area contributed by atoms with Crippen molar-refractivity contribution in [3.63, 3.8) is 0 Å². The summed E-state index contributed by atoms with van der Waals surface area (Å²) in [5, 5.41) is 10.4. The number of aromatic amines is 2. The molecule has 0 bridgehead atoms. The number of likely N-dealkylation sites (N-methyl/N-ethyl adjacent to an activating group) is 1. The summed E-state index contributed by atoms with van der Waals surface area (Å²) >= 11 is 7.60. The normalized spacial score (nSPS) is 11.6. The Labute approximate surface area is 219 Å². The number of hydrogen-bond acceptors (Lipinski definition) is 8. The van der Waals surface area contributed by atoms with Gasteiger partial charge in [-0.1, -0.05) is 11.6 Å². The maximum atomic E-state index is 12.2. The molecule has 0 aliphatic carbocycles. The standard InChI is InChI=1S/C25H20ClN9OS/c1-35(2)12-20(36)29-14-9-13(10-27-11-14)15-3-4-17-22(30-15)24(34-33-17)25-31-16-7-8-28-23(21(16)32-25)18-5-6-19(26)37-18/h3-11H,12H2,1-2H3,(H,29,36)(H,31,32)(H,33,34). The van der Waals surface area contributed by atoms with Gasteiger partial charge in [-0.25, -0.2) is 9.97 Å². The zero-order valence-corrected chi connectivity index (χ0v) is 21.4. The van der Waals surface area contributed by atoms with Gasteiger partial charge in [-0.15, -0.1) is 11.3 Å². The van der Waals surface area contributed by atoms with E-state index in [9.17, 15) is 4.79 Å². The fourth-order valence-electron chi connectivity index (χ4n) is 4.03. The first-order valence-electron chi connectivity index (χ1n) is 11.3. The van der Waals surface area contributed by atoms with Crippen LogP contribution in [0.4, 0.5) is 5.69 Å². The maximum Gasteiger partial charge on any atom is 0.238 e. The molecule has 0 saturated carbocycles. The van der Waals surface area contributed by atoms with E-state index < -0.39 is 0 Å². The summed E-state index contributed by atoms with van der Waals surface area (Å²) in [7, 11) is 3.68. The number of anilines is 1. The van der Waals surface area contributed by atoms with E-state index in [2.05, 4.69) is 30.5 Å². The van der Waals surface area contributed by atoms with Crippen LogP contribution in [0.3, 0.4) is 0 Å². The van der Waals surface area contributed by atoms with Crippen molar-refractivity contribution in [2.45, 2.75) is 0 Å². The number of nitrogens with zero attached hydrogens (tertiary/aromatic N) is 6. The number of rotatable bonds is 6. The zero-order valence-electron chi connectivity index (χ0n) is 19.8. The molecule has 0 unspecified atom stereocenters. The number of carbonyl (C=O) groups excluding carboxylic acids is 1. The summed E-state index contributed by atoms with van der Waals surface area (Å²) in [5.41, 5.74) is 6.40. The lowest BCUT2D eigenvalue weighted by Gasteiger charge is -2.10. The van der Waals surface area contributed by atoms with E-state index in [1.165, 1.54) is 11.3 Å². The Bertz CT molecular complexity index is 1770. The van der Waals surface area contributed by atoms with E-state index >= 15 is 0 Å². The number of nitrogens with one attached hydrogen (secondary N) is 3. The minimum absolute atomic E-state index is 0.118. The molecule has 3 N–H and O–H groups in total. The predicted octanol–water partition coefficient (Wildman–Crippen LogP) is 4.84. The van der Waals surface area contributed by atoms with Crippen LogP contribution in [0.1, 0.15) is 0 Å². The Kier molecular flexibility index (Phi) is 5.87. The van der Waals surface area contributed by atoms with E-state index in [0.29, 0.717) is 32.8 Å². The van der Waals surface area contributed by atoms with Gasteiger partial charge in [0.2, 0.25) is 5.91 Å². The van der Waals surface area contributed by atoms with Gasteiger partial charge in [-0.3, -0.25) is 19.9 Å². The van der Waals surface area contributed by atoms with Gasteiger partial charge in [0, 0.05) is 18.0 Å². The molecule has 0 atom stereocenters. The number of aromatic nitrogens is 7. The first-order chi connectivity index (χ1) is 17.9. The van der Waals surface area contributed by atoms with Gasteiger partial charge >= 0.3 is 0 Å². The lowest BCUT2D eigenvalue weighted by molar-refractivity contribution is -0.116. The third kappa shape index (κ3) is 4.55. The summed E-state index contributed by atoms with van der Waals surface area (Å²) in [6.45, 7) is 0.279. The van der Waals surface area contributed by atoms with Gasteiger partial charge in [-0.05, 0) is 50.5 Å². The second-order valence-electron chi connectivity index (χ2n) is 8.66. The van der Waals surface area contributed by atoms with Crippen LogP contribution in [0.2, 0.25) is 4.34 Å². The first kappa shape index (κ1) is 23.2. The Morgan fingerprint density at radius 3 is 2.73 bits per heavy atom. The Morgan fingerprint density at radius 2 is 1.92 bits per heavy atom. The van der Waals surface area contributed by atoms with Crippen LogP contribution in [-0.4, -0.2) is 66.6 Å². The van der Waals surface area contributed by atoms with Crippen molar-refractivity contribution >= 4 is 56.6 Å². The number of hydrogen-bond donors (Lipinski definition) is 3. The van der Waals surface area contributed by atoms with Crippen LogP contribution in [0.5, 0.6) is 0 Å². The van der Waals surface area contributed by atoms with E-state index in [-0.39, 0.29) is 12.5 Å². The lowest BCUT2D eigenvalue weighted by Crippen LogP contribution is -2.27. The molecule has 0 radical (unpaired) electrons. The summed E-state index contributed by atoms with van der Waals surface area (Å²) in [6, 6.07) is 11.3. The molecule has 6 rings (SSSR count). The fraction of sp³-hybridized carbons (Fsp3) is 0.120. The molecule has 0 fully saturated rings. The molecule has 0 spiro atoms. The topological polar surface area (TPSA) is 128 Å². The number of halogens is 1. The molecule has 1 amide bonds. The van der Waals surface area contributed by atoms with Gasteiger partial charge in [-0.2, -0.15) is 5.10 Å². The monoisotopic (exact) mass is 529 g/mol. The Hall–Kier alpha value is -4.19. The molecule has 184 valence electrons. The smallest absolute Gasteiger partial charge is 0.238 e. The van der Waals surface area contributed by atoms with Crippen molar-refractivity contribution in [1.82, 2.24) is 40.0 Å². The molecule has 6 heterocycles. The van der Waals surface area contributed by atoms with Gasteiger partial charge in [0.15, 0.2) is 11.5 Å². The molecule has 0 aliphatic rings. The average molecular weight is 530 g/mol. The number of thiophene rings is 1. The Morgan fingerprint density at radius 1 is 1.05 bits per heavy atom. The van der Waals surface area contributed by atoms with Crippen LogP contribution in [0.15, 0.2) is 55.0 Å². The SMILES string of the molecule is CN(C)CC(=O)Nc1cncc(-c2ccc3[nH]nc(-c4nc5c(-c6ccc(Cl)s6)nccc5[nH]4)c3n2)c1. The Balaban J connectivity index is 1.38. The minimum atomic E-state index is -0.118. The van der Waals surface area contributed by atoms with E-state index in [4.69, 9.17) is 21.6 Å². The molecule has 0 aromatic carbocycles. The summed E-state index contributed by atoms with van der Waals surface area (Å²) in [4.78, 5) is 36.8. The molecule has 0 saturated heterocycles. The van der Waals surface area contributed by atoms with Crippen LogP contribution in [-0.2, 0) is 4.79 Å². The second-order valence-corrected chi connectivity index (χ2v) is 10.4. The highest BCUT2D eigenvalue weighted by Crippen LogP contribution is 2.35. The molecule has 37 heavy (non-hydrogen) atoms. The molecular weight excluding hydrogens is 510 g/mol. The largest absolute Gasteiger partial charge is 0.336 e. The van der Waals surface area contributed by atoms with Crippen LogP contribution >= 0.6 is 22.9 Å². The lowest BCUT2D eigenvalue weighted by atomic mass is 10.1. The number of amides is 1. The zero-order chi connectivity index (χ0) is 25.5. The van der Waals surface area contributed by atoms with Crippen molar-refractivity contribution in [2.75, 3.05) is 26.0 Å². The quantitative estimate of drug-likeness (QED) is 0.281. The van der Waals surface area contributed by atoms with Crippen molar-refractivity contribution in [2.24, 2.45) is 0 Å². The van der Waals surface area contributed by atoms with Gasteiger partial charge in [0.05, 0.1) is 44.4 Å². The third-order valence-electron chi connectivity index (χ3n) is 5.62.